The smallest absolute Gasteiger partial charge is 0.0935 e. The molecule has 0 bridgehead atoms. The molecule has 0 amide bonds. The molecule has 0 aliphatic carbocycles. The number of furan rings is 1. The normalized spacial score (nSPS) is 28.9. The highest BCUT2D eigenvalue weighted by atomic mass is 32.2. The monoisotopic (exact) mass is 243 g/mol. The van der Waals surface area contributed by atoms with Crippen molar-refractivity contribution in [2.24, 2.45) is 5.73 Å². The Bertz CT molecular complexity index is 289. The van der Waals surface area contributed by atoms with Crippen molar-refractivity contribution in [3.8, 4) is 0 Å². The maximum atomic E-state index is 6.25. The van der Waals surface area contributed by atoms with E-state index < -0.39 is 0 Å². The molecule has 0 saturated carbocycles. The number of nitrogens with two attached hydrogens (primary N) is 1. The Kier molecular flexibility index (Phi) is 4.05. The maximum absolute atomic E-state index is 6.25. The number of hydrogen-bond donors (Lipinski definition) is 1. The summed E-state index contributed by atoms with van der Waals surface area (Å²) in [6.07, 6.45) is 4.44. The van der Waals surface area contributed by atoms with Crippen molar-refractivity contribution in [2.75, 3.05) is 11.5 Å². The summed E-state index contributed by atoms with van der Waals surface area (Å²) in [4.78, 5) is 0. The molecule has 1 aliphatic heterocycles. The molecule has 4 heteroatoms. The second-order valence-electron chi connectivity index (χ2n) is 3.91. The van der Waals surface area contributed by atoms with Crippen molar-refractivity contribution in [1.82, 2.24) is 0 Å². The molecule has 1 aromatic heterocycles. The molecule has 2 rings (SSSR count). The fourth-order valence-electron chi connectivity index (χ4n) is 1.92. The van der Waals surface area contributed by atoms with Crippen LogP contribution in [-0.4, -0.2) is 28.0 Å². The molecule has 15 heavy (non-hydrogen) atoms. The summed E-state index contributed by atoms with van der Waals surface area (Å²) < 4.78 is 5.06. The molecule has 0 radical (unpaired) electrons. The van der Waals surface area contributed by atoms with Crippen LogP contribution in [-0.2, 0) is 6.42 Å². The zero-order chi connectivity index (χ0) is 10.7. The first-order valence-corrected chi connectivity index (χ1v) is 7.37. The van der Waals surface area contributed by atoms with Crippen LogP contribution < -0.4 is 5.73 Å². The first-order valence-electron chi connectivity index (χ1n) is 5.27. The third kappa shape index (κ3) is 2.95. The molecule has 2 heterocycles. The van der Waals surface area contributed by atoms with E-state index in [0.29, 0.717) is 10.5 Å². The van der Waals surface area contributed by atoms with Crippen molar-refractivity contribution >= 4 is 23.5 Å². The number of hydrogen-bond acceptors (Lipinski definition) is 4. The molecule has 1 fully saturated rings. The van der Waals surface area contributed by atoms with E-state index in [1.807, 2.05) is 29.6 Å². The Morgan fingerprint density at radius 3 is 3.00 bits per heavy atom. The van der Waals surface area contributed by atoms with Crippen LogP contribution in [0.15, 0.2) is 23.0 Å². The minimum Gasteiger partial charge on any atom is -0.472 e. The van der Waals surface area contributed by atoms with Crippen molar-refractivity contribution in [1.29, 1.82) is 0 Å². The van der Waals surface area contributed by atoms with Gasteiger partial charge in [0.25, 0.3) is 0 Å². The fraction of sp³-hybridized carbons (Fsp3) is 0.636. The lowest BCUT2D eigenvalue weighted by Crippen LogP contribution is -2.42. The molecule has 0 spiro atoms. The van der Waals surface area contributed by atoms with E-state index in [1.54, 1.807) is 12.5 Å². The second-order valence-corrected chi connectivity index (χ2v) is 6.68. The van der Waals surface area contributed by atoms with Gasteiger partial charge in [-0.1, -0.05) is 6.92 Å². The van der Waals surface area contributed by atoms with Gasteiger partial charge in [0.1, 0.15) is 0 Å². The summed E-state index contributed by atoms with van der Waals surface area (Å²) in [6.45, 7) is 2.29. The first kappa shape index (κ1) is 11.4. The van der Waals surface area contributed by atoms with Crippen molar-refractivity contribution in [3.05, 3.63) is 24.2 Å². The van der Waals surface area contributed by atoms with Crippen LogP contribution >= 0.6 is 23.5 Å². The molecule has 1 aliphatic rings. The van der Waals surface area contributed by atoms with Gasteiger partial charge in [-0.05, 0) is 18.1 Å². The van der Waals surface area contributed by atoms with Crippen LogP contribution in [0.25, 0.3) is 0 Å². The van der Waals surface area contributed by atoms with Crippen LogP contribution in [0.3, 0.4) is 0 Å². The average Bonchev–Trinajstić information content (AvgIpc) is 2.71. The summed E-state index contributed by atoms with van der Waals surface area (Å²) in [7, 11) is 0. The Labute approximate surface area is 99.4 Å². The predicted molar refractivity (Wildman–Crippen MR) is 68.6 cm³/mol. The second kappa shape index (κ2) is 5.32. The first-order chi connectivity index (χ1) is 7.27. The Balaban J connectivity index is 1.91. The number of rotatable bonds is 3. The third-order valence-electron chi connectivity index (χ3n) is 2.71. The number of thioether (sulfide) groups is 2. The summed E-state index contributed by atoms with van der Waals surface area (Å²) in [6, 6.07) is 2.25. The molecule has 0 aromatic carbocycles. The van der Waals surface area contributed by atoms with E-state index in [4.69, 9.17) is 10.2 Å². The fourth-order valence-corrected chi connectivity index (χ4v) is 4.81. The quantitative estimate of drug-likeness (QED) is 0.885. The van der Waals surface area contributed by atoms with Gasteiger partial charge in [0.2, 0.25) is 0 Å². The van der Waals surface area contributed by atoms with E-state index in [-0.39, 0.29) is 6.04 Å². The summed E-state index contributed by atoms with van der Waals surface area (Å²) >= 11 is 4.07. The largest absolute Gasteiger partial charge is 0.472 e. The Morgan fingerprint density at radius 1 is 1.53 bits per heavy atom. The highest BCUT2D eigenvalue weighted by Crippen LogP contribution is 2.33. The van der Waals surface area contributed by atoms with Gasteiger partial charge in [0.05, 0.1) is 12.5 Å². The van der Waals surface area contributed by atoms with E-state index in [0.717, 1.165) is 6.42 Å². The highest BCUT2D eigenvalue weighted by Gasteiger charge is 2.28. The van der Waals surface area contributed by atoms with Crippen LogP contribution in [0.1, 0.15) is 12.5 Å². The third-order valence-corrected chi connectivity index (χ3v) is 5.98. The summed E-state index contributed by atoms with van der Waals surface area (Å²) in [5.74, 6) is 2.50. The highest BCUT2D eigenvalue weighted by molar-refractivity contribution is 8.07. The molecule has 84 valence electrons. The summed E-state index contributed by atoms with van der Waals surface area (Å²) in [5.41, 5.74) is 7.47. The molecular formula is C11H17NOS2. The minimum absolute atomic E-state index is 0.246. The predicted octanol–water partition coefficient (Wildman–Crippen LogP) is 2.39. The molecule has 3 atom stereocenters. The van der Waals surface area contributed by atoms with Gasteiger partial charge in [0.15, 0.2) is 0 Å². The van der Waals surface area contributed by atoms with Gasteiger partial charge < -0.3 is 10.2 Å². The zero-order valence-electron chi connectivity index (χ0n) is 8.89. The van der Waals surface area contributed by atoms with E-state index in [2.05, 4.69) is 6.92 Å². The standard InChI is InChI=1S/C11H17NOS2/c1-8-11(15-5-4-14-8)10(12)6-9-2-3-13-7-9/h2-3,7-8,10-11H,4-6,12H2,1H3. The van der Waals surface area contributed by atoms with Crippen molar-refractivity contribution in [3.63, 3.8) is 0 Å². The molecule has 1 aromatic rings. The van der Waals surface area contributed by atoms with Gasteiger partial charge >= 0.3 is 0 Å². The van der Waals surface area contributed by atoms with Crippen molar-refractivity contribution < 1.29 is 4.42 Å². The zero-order valence-corrected chi connectivity index (χ0v) is 10.5. The van der Waals surface area contributed by atoms with Gasteiger partial charge in [-0.15, -0.1) is 0 Å². The Morgan fingerprint density at radius 2 is 2.33 bits per heavy atom. The SMILES string of the molecule is CC1SCCSC1C(N)Cc1ccoc1. The average molecular weight is 243 g/mol. The van der Waals surface area contributed by atoms with Gasteiger partial charge in [-0.2, -0.15) is 23.5 Å². The van der Waals surface area contributed by atoms with Crippen LogP contribution in [0, 0.1) is 0 Å². The van der Waals surface area contributed by atoms with E-state index >= 15 is 0 Å². The van der Waals surface area contributed by atoms with Gasteiger partial charge in [0, 0.05) is 28.0 Å². The molecule has 3 unspecified atom stereocenters. The molecule has 1 saturated heterocycles. The lowest BCUT2D eigenvalue weighted by molar-refractivity contribution is 0.557. The van der Waals surface area contributed by atoms with Crippen LogP contribution in [0.5, 0.6) is 0 Å². The van der Waals surface area contributed by atoms with E-state index in [1.165, 1.54) is 17.1 Å². The van der Waals surface area contributed by atoms with Crippen LogP contribution in [0.4, 0.5) is 0 Å². The van der Waals surface area contributed by atoms with E-state index in [9.17, 15) is 0 Å². The Hall–Kier alpha value is -0.0600. The molecule has 2 N–H and O–H groups in total. The van der Waals surface area contributed by atoms with Crippen molar-refractivity contribution in [2.45, 2.75) is 29.9 Å². The van der Waals surface area contributed by atoms with Crippen LogP contribution in [0.2, 0.25) is 0 Å². The molecule has 2 nitrogen and oxygen atoms in total. The lowest BCUT2D eigenvalue weighted by atomic mass is 10.0. The van der Waals surface area contributed by atoms with Gasteiger partial charge in [-0.25, -0.2) is 0 Å². The maximum Gasteiger partial charge on any atom is 0.0935 e. The lowest BCUT2D eigenvalue weighted by Gasteiger charge is -2.32. The summed E-state index contributed by atoms with van der Waals surface area (Å²) in [5, 5.41) is 1.25. The minimum atomic E-state index is 0.246. The topological polar surface area (TPSA) is 39.2 Å². The molecular weight excluding hydrogens is 226 g/mol. The van der Waals surface area contributed by atoms with Gasteiger partial charge in [-0.3, -0.25) is 0 Å².